The summed E-state index contributed by atoms with van der Waals surface area (Å²) in [5.41, 5.74) is 0.136. The summed E-state index contributed by atoms with van der Waals surface area (Å²) >= 11 is 0. The Hall–Kier alpha value is -3.13. The second-order valence-corrected chi connectivity index (χ2v) is 10.6. The van der Waals surface area contributed by atoms with Crippen LogP contribution in [0.15, 0.2) is 30.5 Å². The predicted octanol–water partition coefficient (Wildman–Crippen LogP) is 2.91. The Bertz CT molecular complexity index is 1320. The van der Waals surface area contributed by atoms with E-state index in [1.807, 2.05) is 27.7 Å². The van der Waals surface area contributed by atoms with Crippen LogP contribution in [-0.2, 0) is 21.1 Å². The van der Waals surface area contributed by atoms with Gasteiger partial charge in [0.25, 0.3) is 5.95 Å². The van der Waals surface area contributed by atoms with Crippen LogP contribution in [0.25, 0.3) is 11.4 Å². The molecule has 0 bridgehead atoms. The molecule has 3 aromatic rings. The summed E-state index contributed by atoms with van der Waals surface area (Å²) in [7, 11) is 0.895. The molecule has 1 N–H and O–H groups in total. The molecular weight excluding hydrogens is 509 g/mol. The van der Waals surface area contributed by atoms with E-state index in [1.165, 1.54) is 23.0 Å². The molecule has 2 aliphatic heterocycles. The van der Waals surface area contributed by atoms with Crippen molar-refractivity contribution in [3.8, 4) is 17.1 Å². The van der Waals surface area contributed by atoms with Crippen molar-refractivity contribution in [3.63, 3.8) is 0 Å². The highest BCUT2D eigenvalue weighted by atomic mass is 19.1. The van der Waals surface area contributed by atoms with Crippen molar-refractivity contribution < 1.29 is 27.6 Å². The van der Waals surface area contributed by atoms with Gasteiger partial charge in [-0.2, -0.15) is 9.37 Å². The second kappa shape index (κ2) is 10.8. The van der Waals surface area contributed by atoms with E-state index in [0.29, 0.717) is 54.9 Å². The van der Waals surface area contributed by atoms with Crippen LogP contribution in [0.3, 0.4) is 0 Å². The fourth-order valence-electron chi connectivity index (χ4n) is 4.27. The van der Waals surface area contributed by atoms with Crippen LogP contribution in [0.1, 0.15) is 27.7 Å². The Labute approximate surface area is 226 Å². The van der Waals surface area contributed by atoms with Crippen LogP contribution >= 0.6 is 0 Å². The molecule has 208 valence electrons. The van der Waals surface area contributed by atoms with Gasteiger partial charge < -0.3 is 24.1 Å². The molecule has 13 heteroatoms. The molecule has 0 spiro atoms. The molecule has 1 aromatic carbocycles. The summed E-state index contributed by atoms with van der Waals surface area (Å²) < 4.78 is 53.8. The normalized spacial score (nSPS) is 18.9. The number of nitrogens with zero attached hydrogens (tertiary/aromatic N) is 5. The molecule has 0 unspecified atom stereocenters. The number of morpholine rings is 1. The van der Waals surface area contributed by atoms with Gasteiger partial charge in [-0.15, -0.1) is 5.10 Å². The molecule has 2 aliphatic rings. The third-order valence-electron chi connectivity index (χ3n) is 7.36. The number of nitrogens with one attached hydrogen (secondary N) is 1. The summed E-state index contributed by atoms with van der Waals surface area (Å²) in [6, 6.07) is 6.23. The zero-order chi connectivity index (χ0) is 27.8. The number of halogens is 2. The largest absolute Gasteiger partial charge is 0.497 e. The smallest absolute Gasteiger partial charge is 0.487 e. The van der Waals surface area contributed by atoms with Gasteiger partial charge in [-0.05, 0) is 45.9 Å². The third kappa shape index (κ3) is 5.91. The maximum Gasteiger partial charge on any atom is 0.497 e. The van der Waals surface area contributed by atoms with Gasteiger partial charge in [0.05, 0.1) is 24.4 Å². The molecule has 2 fully saturated rings. The average Bonchev–Trinajstić information content (AvgIpc) is 3.35. The molecular formula is C26H33BF2N6O4. The lowest BCUT2D eigenvalue weighted by Crippen LogP contribution is -2.41. The van der Waals surface area contributed by atoms with Gasteiger partial charge in [0.15, 0.2) is 11.6 Å². The lowest BCUT2D eigenvalue weighted by atomic mass is 9.78. The number of ether oxygens (including phenoxy) is 2. The fraction of sp³-hybridized carbons (Fsp3) is 0.500. The maximum atomic E-state index is 15.1. The molecule has 4 heterocycles. The van der Waals surface area contributed by atoms with Crippen LogP contribution < -0.4 is 15.5 Å². The van der Waals surface area contributed by atoms with E-state index in [1.54, 1.807) is 19.2 Å². The number of pyridine rings is 1. The minimum Gasteiger partial charge on any atom is -0.487 e. The van der Waals surface area contributed by atoms with Gasteiger partial charge in [-0.25, -0.2) is 14.1 Å². The van der Waals surface area contributed by atoms with Crippen LogP contribution in [0.2, 0.25) is 0 Å². The van der Waals surface area contributed by atoms with Crippen molar-refractivity contribution in [3.05, 3.63) is 42.2 Å². The minimum absolute atomic E-state index is 0.0306. The minimum atomic E-state index is -0.804. The van der Waals surface area contributed by atoms with Crippen molar-refractivity contribution in [1.82, 2.24) is 24.6 Å². The molecule has 39 heavy (non-hydrogen) atoms. The van der Waals surface area contributed by atoms with E-state index >= 15 is 4.39 Å². The number of aromatic nitrogens is 4. The third-order valence-corrected chi connectivity index (χ3v) is 7.36. The van der Waals surface area contributed by atoms with Gasteiger partial charge in [-0.1, -0.05) is 6.07 Å². The van der Waals surface area contributed by atoms with Gasteiger partial charge >= 0.3 is 7.12 Å². The molecule has 0 saturated carbocycles. The number of rotatable bonds is 8. The number of hydrogen-bond acceptors (Lipinski definition) is 9. The second-order valence-electron chi connectivity index (χ2n) is 10.6. The summed E-state index contributed by atoms with van der Waals surface area (Å²) in [5, 5.41) is 7.48. The van der Waals surface area contributed by atoms with Crippen LogP contribution in [0.5, 0.6) is 5.75 Å². The summed E-state index contributed by atoms with van der Waals surface area (Å²) in [6.45, 7) is 11.7. The molecule has 0 atom stereocenters. The van der Waals surface area contributed by atoms with E-state index < -0.39 is 30.1 Å². The molecule has 5 rings (SSSR count). The Morgan fingerprint density at radius 3 is 2.49 bits per heavy atom. The quantitative estimate of drug-likeness (QED) is 0.341. The van der Waals surface area contributed by atoms with Crippen molar-refractivity contribution in [2.24, 2.45) is 7.05 Å². The fourth-order valence-corrected chi connectivity index (χ4v) is 4.27. The highest BCUT2D eigenvalue weighted by Crippen LogP contribution is 2.36. The SMILES string of the molecule is Cn1nc(-c2cnc(F)c(OCCN3CCOCC3)c2)nc1Nc1ccc(B2OC(C)(C)C(C)(C)O2)c(F)c1. The zero-order valence-corrected chi connectivity index (χ0v) is 22.8. The first-order valence-electron chi connectivity index (χ1n) is 12.9. The highest BCUT2D eigenvalue weighted by molar-refractivity contribution is 6.62. The maximum absolute atomic E-state index is 15.1. The van der Waals surface area contributed by atoms with E-state index in [9.17, 15) is 4.39 Å². The van der Waals surface area contributed by atoms with E-state index in [0.717, 1.165) is 13.1 Å². The highest BCUT2D eigenvalue weighted by Gasteiger charge is 2.52. The van der Waals surface area contributed by atoms with Gasteiger partial charge in [0.1, 0.15) is 12.4 Å². The Morgan fingerprint density at radius 2 is 1.79 bits per heavy atom. The predicted molar refractivity (Wildman–Crippen MR) is 142 cm³/mol. The van der Waals surface area contributed by atoms with E-state index in [4.69, 9.17) is 18.8 Å². The molecule has 2 saturated heterocycles. The van der Waals surface area contributed by atoms with Crippen LogP contribution in [0, 0.1) is 11.8 Å². The lowest BCUT2D eigenvalue weighted by molar-refractivity contribution is 0.00578. The van der Waals surface area contributed by atoms with Gasteiger partial charge in [0.2, 0.25) is 5.95 Å². The topological polar surface area (TPSA) is 95.8 Å². The number of anilines is 2. The number of aryl methyl sites for hydroxylation is 1. The first-order chi connectivity index (χ1) is 18.5. The Kier molecular flexibility index (Phi) is 7.60. The molecule has 0 radical (unpaired) electrons. The summed E-state index contributed by atoms with van der Waals surface area (Å²) in [4.78, 5) is 10.5. The summed E-state index contributed by atoms with van der Waals surface area (Å²) in [6.07, 6.45) is 1.35. The Balaban J connectivity index is 1.26. The van der Waals surface area contributed by atoms with E-state index in [2.05, 4.69) is 25.3 Å². The standard InChI is InChI=1S/C26H33BF2N6O4/c1-25(2)26(3,4)39-27(38-25)19-7-6-18(15-20(19)28)31-24-32-23(33-34(24)5)17-14-21(22(29)30-16-17)37-13-10-35-8-11-36-12-9-35/h6-7,14-16H,8-13H2,1-5H3,(H,31,32,33). The summed E-state index contributed by atoms with van der Waals surface area (Å²) in [5.74, 6) is -0.454. The van der Waals surface area contributed by atoms with Crippen LogP contribution in [0.4, 0.5) is 20.4 Å². The first-order valence-corrected chi connectivity index (χ1v) is 12.9. The average molecular weight is 542 g/mol. The van der Waals surface area contributed by atoms with Gasteiger partial charge in [-0.3, -0.25) is 4.90 Å². The lowest BCUT2D eigenvalue weighted by Gasteiger charge is -2.32. The zero-order valence-electron chi connectivity index (χ0n) is 22.8. The van der Waals surface area contributed by atoms with E-state index in [-0.39, 0.29) is 5.75 Å². The van der Waals surface area contributed by atoms with Crippen molar-refractivity contribution in [1.29, 1.82) is 0 Å². The molecule has 10 nitrogen and oxygen atoms in total. The number of hydrogen-bond donors (Lipinski definition) is 1. The van der Waals surface area contributed by atoms with Crippen LogP contribution in [-0.4, -0.2) is 82.4 Å². The molecule has 0 amide bonds. The molecule has 2 aromatic heterocycles. The first kappa shape index (κ1) is 27.4. The number of benzene rings is 1. The van der Waals surface area contributed by atoms with Gasteiger partial charge in [0, 0.05) is 49.6 Å². The molecule has 0 aliphatic carbocycles. The Morgan fingerprint density at radius 1 is 1.08 bits per heavy atom. The van der Waals surface area contributed by atoms with Crippen molar-refractivity contribution >= 4 is 24.2 Å². The van der Waals surface area contributed by atoms with Crippen molar-refractivity contribution in [2.75, 3.05) is 44.8 Å². The monoisotopic (exact) mass is 542 g/mol. The van der Waals surface area contributed by atoms with Crippen molar-refractivity contribution in [2.45, 2.75) is 38.9 Å².